The van der Waals surface area contributed by atoms with Gasteiger partial charge in [0.2, 0.25) is 0 Å². The Morgan fingerprint density at radius 3 is 2.37 bits per heavy atom. The molecule has 4 aromatic rings. The van der Waals surface area contributed by atoms with Crippen LogP contribution in [0.1, 0.15) is 18.5 Å². The molecule has 0 aliphatic carbocycles. The number of sulfone groups is 1. The van der Waals surface area contributed by atoms with Gasteiger partial charge in [-0.3, -0.25) is 4.57 Å². The molecule has 3 aromatic carbocycles. The van der Waals surface area contributed by atoms with Crippen molar-refractivity contribution in [3.8, 4) is 28.4 Å². The molecule has 1 N–H and O–H groups in total. The summed E-state index contributed by atoms with van der Waals surface area (Å²) in [6.45, 7) is 2.26. The van der Waals surface area contributed by atoms with E-state index in [-0.39, 0.29) is 5.75 Å². The fourth-order valence-corrected chi connectivity index (χ4v) is 5.18. The van der Waals surface area contributed by atoms with Gasteiger partial charge in [-0.2, -0.15) is 0 Å². The first-order valence-electron chi connectivity index (χ1n) is 11.1. The molecule has 184 valence electrons. The van der Waals surface area contributed by atoms with Crippen molar-refractivity contribution in [2.45, 2.75) is 13.0 Å². The minimum atomic E-state index is -3.45. The molecular formula is C26H28N2O6S. The summed E-state index contributed by atoms with van der Waals surface area (Å²) >= 11 is 0. The number of rotatable bonds is 9. The molecule has 0 amide bonds. The van der Waals surface area contributed by atoms with Crippen LogP contribution in [0.3, 0.4) is 0 Å². The quantitative estimate of drug-likeness (QED) is 0.375. The SMILES string of the molecule is CCOc1cc([C@H](CS(C)(=O)=O)n2c(=O)[nH]c3cc(-c4ccccc4OC)ccc32)ccc1OC. The van der Waals surface area contributed by atoms with E-state index in [1.54, 1.807) is 25.3 Å². The van der Waals surface area contributed by atoms with Crippen molar-refractivity contribution in [1.29, 1.82) is 0 Å². The van der Waals surface area contributed by atoms with E-state index in [1.165, 1.54) is 11.7 Å². The molecule has 1 atom stereocenters. The molecule has 0 radical (unpaired) electrons. The molecule has 4 rings (SSSR count). The highest BCUT2D eigenvalue weighted by atomic mass is 32.2. The summed E-state index contributed by atoms with van der Waals surface area (Å²) in [6, 6.07) is 17.6. The first-order valence-corrected chi connectivity index (χ1v) is 13.2. The average Bonchev–Trinajstić information content (AvgIpc) is 3.16. The summed E-state index contributed by atoms with van der Waals surface area (Å²) in [7, 11) is -0.301. The zero-order chi connectivity index (χ0) is 25.2. The monoisotopic (exact) mass is 496 g/mol. The van der Waals surface area contributed by atoms with Gasteiger partial charge in [-0.25, -0.2) is 13.2 Å². The molecule has 1 heterocycles. The molecular weight excluding hydrogens is 468 g/mol. The van der Waals surface area contributed by atoms with E-state index in [2.05, 4.69) is 4.98 Å². The maximum absolute atomic E-state index is 13.2. The molecule has 0 spiro atoms. The van der Waals surface area contributed by atoms with Gasteiger partial charge in [-0.05, 0) is 48.4 Å². The van der Waals surface area contributed by atoms with Crippen LogP contribution in [0.2, 0.25) is 0 Å². The van der Waals surface area contributed by atoms with Gasteiger partial charge >= 0.3 is 5.69 Å². The fraction of sp³-hybridized carbons (Fsp3) is 0.269. The van der Waals surface area contributed by atoms with Crippen LogP contribution >= 0.6 is 0 Å². The van der Waals surface area contributed by atoms with Crippen molar-refractivity contribution in [1.82, 2.24) is 9.55 Å². The van der Waals surface area contributed by atoms with Crippen LogP contribution in [0.5, 0.6) is 17.2 Å². The van der Waals surface area contributed by atoms with Gasteiger partial charge in [0.15, 0.2) is 11.5 Å². The average molecular weight is 497 g/mol. The van der Waals surface area contributed by atoms with Crippen molar-refractivity contribution in [2.24, 2.45) is 0 Å². The largest absolute Gasteiger partial charge is 0.496 e. The third kappa shape index (κ3) is 5.05. The smallest absolute Gasteiger partial charge is 0.327 e. The normalized spacial score (nSPS) is 12.5. The fourth-order valence-electron chi connectivity index (χ4n) is 4.27. The molecule has 0 aliphatic heterocycles. The Balaban J connectivity index is 1.88. The number of hydrogen-bond donors (Lipinski definition) is 1. The Hall–Kier alpha value is -3.72. The Kier molecular flexibility index (Phi) is 6.88. The van der Waals surface area contributed by atoms with Gasteiger partial charge in [-0.1, -0.05) is 30.3 Å². The predicted molar refractivity (Wildman–Crippen MR) is 137 cm³/mol. The van der Waals surface area contributed by atoms with Gasteiger partial charge < -0.3 is 19.2 Å². The van der Waals surface area contributed by atoms with Crippen molar-refractivity contribution < 1.29 is 22.6 Å². The van der Waals surface area contributed by atoms with Crippen LogP contribution in [0.25, 0.3) is 22.2 Å². The summed E-state index contributed by atoms with van der Waals surface area (Å²) in [5, 5.41) is 0. The number of fused-ring (bicyclic) bond motifs is 1. The number of nitrogens with one attached hydrogen (secondary N) is 1. The molecule has 1 aromatic heterocycles. The van der Waals surface area contributed by atoms with E-state index >= 15 is 0 Å². The van der Waals surface area contributed by atoms with Gasteiger partial charge in [0.05, 0.1) is 43.7 Å². The maximum Gasteiger partial charge on any atom is 0.327 e. The first kappa shape index (κ1) is 24.4. The van der Waals surface area contributed by atoms with Gasteiger partial charge in [0.1, 0.15) is 15.6 Å². The summed E-state index contributed by atoms with van der Waals surface area (Å²) in [6.07, 6.45) is 1.16. The molecule has 0 aliphatic rings. The number of aromatic amines is 1. The summed E-state index contributed by atoms with van der Waals surface area (Å²) in [4.78, 5) is 16.1. The van der Waals surface area contributed by atoms with Crippen LogP contribution in [-0.4, -0.2) is 50.8 Å². The highest BCUT2D eigenvalue weighted by Gasteiger charge is 2.25. The number of para-hydroxylation sites is 1. The lowest BCUT2D eigenvalue weighted by molar-refractivity contribution is 0.310. The van der Waals surface area contributed by atoms with E-state index in [1.807, 2.05) is 49.4 Å². The maximum atomic E-state index is 13.2. The molecule has 9 heteroatoms. The molecule has 8 nitrogen and oxygen atoms in total. The second-order valence-corrected chi connectivity index (χ2v) is 10.4. The third-order valence-corrected chi connectivity index (χ3v) is 6.70. The Morgan fingerprint density at radius 2 is 1.69 bits per heavy atom. The minimum absolute atomic E-state index is 0.258. The van der Waals surface area contributed by atoms with Crippen molar-refractivity contribution in [3.63, 3.8) is 0 Å². The lowest BCUT2D eigenvalue weighted by atomic mass is 10.0. The van der Waals surface area contributed by atoms with E-state index in [4.69, 9.17) is 14.2 Å². The van der Waals surface area contributed by atoms with E-state index < -0.39 is 21.6 Å². The standard InChI is InChI=1S/C26H28N2O6S/c1-5-34-25-15-18(11-13-24(25)33-3)22(16-35(4,30)31)28-21-12-10-17(14-20(21)27-26(28)29)19-8-6-7-9-23(19)32-2/h6-15,22H,5,16H2,1-4H3,(H,27,29)/t22-/m0/s1. The number of H-pyrrole nitrogens is 1. The number of aromatic nitrogens is 2. The topological polar surface area (TPSA) is 99.6 Å². The summed E-state index contributed by atoms with van der Waals surface area (Å²) in [5.41, 5.74) is 3.16. The Labute approximate surface area is 204 Å². The number of methoxy groups -OCH3 is 2. The lowest BCUT2D eigenvalue weighted by Crippen LogP contribution is -2.28. The number of nitrogens with zero attached hydrogens (tertiary/aromatic N) is 1. The number of benzene rings is 3. The lowest BCUT2D eigenvalue weighted by Gasteiger charge is -2.20. The first-order chi connectivity index (χ1) is 16.8. The van der Waals surface area contributed by atoms with E-state index in [0.29, 0.717) is 40.5 Å². The van der Waals surface area contributed by atoms with Crippen LogP contribution in [0.15, 0.2) is 65.5 Å². The second-order valence-electron chi connectivity index (χ2n) is 8.18. The van der Waals surface area contributed by atoms with E-state index in [0.717, 1.165) is 17.4 Å². The summed E-state index contributed by atoms with van der Waals surface area (Å²) < 4.78 is 42.8. The van der Waals surface area contributed by atoms with Gasteiger partial charge in [-0.15, -0.1) is 0 Å². The number of imidazole rings is 1. The van der Waals surface area contributed by atoms with Crippen molar-refractivity contribution in [2.75, 3.05) is 32.8 Å². The number of hydrogen-bond acceptors (Lipinski definition) is 6. The van der Waals surface area contributed by atoms with Gasteiger partial charge in [0, 0.05) is 11.8 Å². The predicted octanol–water partition coefficient (Wildman–Crippen LogP) is 4.05. The van der Waals surface area contributed by atoms with Gasteiger partial charge in [0.25, 0.3) is 0 Å². The second kappa shape index (κ2) is 9.87. The highest BCUT2D eigenvalue weighted by molar-refractivity contribution is 7.90. The molecule has 0 unspecified atom stereocenters. The van der Waals surface area contributed by atoms with Crippen LogP contribution in [0, 0.1) is 0 Å². The van der Waals surface area contributed by atoms with E-state index in [9.17, 15) is 13.2 Å². The van der Waals surface area contributed by atoms with Crippen LogP contribution in [-0.2, 0) is 9.84 Å². The van der Waals surface area contributed by atoms with Crippen LogP contribution in [0.4, 0.5) is 0 Å². The summed E-state index contributed by atoms with van der Waals surface area (Å²) in [5.74, 6) is 1.47. The number of ether oxygens (including phenoxy) is 3. The molecule has 0 fully saturated rings. The molecule has 35 heavy (non-hydrogen) atoms. The Morgan fingerprint density at radius 1 is 0.943 bits per heavy atom. The molecule has 0 saturated heterocycles. The minimum Gasteiger partial charge on any atom is -0.496 e. The third-order valence-electron chi connectivity index (χ3n) is 5.78. The molecule has 0 saturated carbocycles. The van der Waals surface area contributed by atoms with Crippen molar-refractivity contribution >= 4 is 20.9 Å². The van der Waals surface area contributed by atoms with Crippen molar-refractivity contribution in [3.05, 3.63) is 76.7 Å². The van der Waals surface area contributed by atoms with Crippen LogP contribution < -0.4 is 19.9 Å². The Bertz CT molecular complexity index is 1520. The molecule has 0 bridgehead atoms. The zero-order valence-corrected chi connectivity index (χ0v) is 20.9. The highest BCUT2D eigenvalue weighted by Crippen LogP contribution is 2.34. The zero-order valence-electron chi connectivity index (χ0n) is 20.1.